The zero-order valence-electron chi connectivity index (χ0n) is 13.8. The van der Waals surface area contributed by atoms with E-state index in [2.05, 4.69) is 31.0 Å². The number of carboxylic acid groups (broad SMARTS) is 1. The van der Waals surface area contributed by atoms with Gasteiger partial charge in [0, 0.05) is 12.1 Å². The summed E-state index contributed by atoms with van der Waals surface area (Å²) in [5.74, 6) is -0.839. The standard InChI is InChI=1S/C17H28N2O2/c1-6-16(3,4)19(5)13-17(15(20)21,18-7-2)14-11-9-8-10-12-14/h8-12,18H,6-7,13H2,1-5H3,(H,20,21). The lowest BCUT2D eigenvalue weighted by atomic mass is 9.87. The Bertz CT molecular complexity index is 459. The highest BCUT2D eigenvalue weighted by atomic mass is 16.4. The van der Waals surface area contributed by atoms with Crippen molar-refractivity contribution in [2.45, 2.75) is 45.2 Å². The third kappa shape index (κ3) is 3.83. The van der Waals surface area contributed by atoms with Crippen molar-refractivity contribution in [2.24, 2.45) is 0 Å². The largest absolute Gasteiger partial charge is 0.480 e. The number of rotatable bonds is 8. The van der Waals surface area contributed by atoms with Crippen LogP contribution in [0.1, 0.15) is 39.7 Å². The summed E-state index contributed by atoms with van der Waals surface area (Å²) >= 11 is 0. The molecule has 2 N–H and O–H groups in total. The maximum atomic E-state index is 12.1. The molecule has 0 fully saturated rings. The second-order valence-electron chi connectivity index (χ2n) is 6.13. The van der Waals surface area contributed by atoms with E-state index in [1.165, 1.54) is 0 Å². The number of carboxylic acids is 1. The Balaban J connectivity index is 3.23. The molecule has 0 saturated heterocycles. The van der Waals surface area contributed by atoms with Gasteiger partial charge in [0.1, 0.15) is 0 Å². The van der Waals surface area contributed by atoms with Crippen LogP contribution in [0.5, 0.6) is 0 Å². The average Bonchev–Trinajstić information content (AvgIpc) is 2.47. The molecular weight excluding hydrogens is 264 g/mol. The third-order valence-electron chi connectivity index (χ3n) is 4.48. The van der Waals surface area contributed by atoms with E-state index in [4.69, 9.17) is 0 Å². The first kappa shape index (κ1) is 17.7. The van der Waals surface area contributed by atoms with Gasteiger partial charge in [0.25, 0.3) is 0 Å². The summed E-state index contributed by atoms with van der Waals surface area (Å²) in [5, 5.41) is 13.1. The normalized spacial score (nSPS) is 15.0. The molecule has 0 saturated carbocycles. The molecule has 1 unspecified atom stereocenters. The molecule has 21 heavy (non-hydrogen) atoms. The summed E-state index contributed by atoms with van der Waals surface area (Å²) in [6.45, 7) is 9.34. The van der Waals surface area contributed by atoms with Crippen LogP contribution in [0.25, 0.3) is 0 Å². The van der Waals surface area contributed by atoms with Crippen LogP contribution in [-0.2, 0) is 10.3 Å². The minimum absolute atomic E-state index is 0.0507. The third-order valence-corrected chi connectivity index (χ3v) is 4.48. The van der Waals surface area contributed by atoms with Crippen molar-refractivity contribution in [3.8, 4) is 0 Å². The Labute approximate surface area is 128 Å². The molecule has 0 heterocycles. The van der Waals surface area contributed by atoms with Gasteiger partial charge in [0.15, 0.2) is 5.54 Å². The SMILES string of the molecule is CCNC(CN(C)C(C)(C)CC)(C(=O)O)c1ccccc1. The molecule has 0 amide bonds. The monoisotopic (exact) mass is 292 g/mol. The van der Waals surface area contributed by atoms with E-state index in [0.29, 0.717) is 13.1 Å². The number of hydrogen-bond acceptors (Lipinski definition) is 3. The Morgan fingerprint density at radius 2 is 1.81 bits per heavy atom. The number of nitrogens with zero attached hydrogens (tertiary/aromatic N) is 1. The summed E-state index contributed by atoms with van der Waals surface area (Å²) in [5.41, 5.74) is -0.347. The fourth-order valence-electron chi connectivity index (χ4n) is 2.38. The number of hydrogen-bond donors (Lipinski definition) is 2. The molecule has 0 spiro atoms. The van der Waals surface area contributed by atoms with Gasteiger partial charge in [0.2, 0.25) is 0 Å². The smallest absolute Gasteiger partial charge is 0.329 e. The molecule has 0 aliphatic carbocycles. The summed E-state index contributed by atoms with van der Waals surface area (Å²) in [6, 6.07) is 9.43. The molecule has 0 radical (unpaired) electrons. The minimum atomic E-state index is -1.09. The van der Waals surface area contributed by atoms with Crippen molar-refractivity contribution in [1.29, 1.82) is 0 Å². The number of carbonyl (C=O) groups is 1. The van der Waals surface area contributed by atoms with Crippen molar-refractivity contribution in [1.82, 2.24) is 10.2 Å². The van der Waals surface area contributed by atoms with E-state index in [9.17, 15) is 9.90 Å². The van der Waals surface area contributed by atoms with Crippen LogP contribution in [0.4, 0.5) is 0 Å². The van der Waals surface area contributed by atoms with Gasteiger partial charge in [-0.3, -0.25) is 10.2 Å². The topological polar surface area (TPSA) is 52.6 Å². The number of aliphatic carboxylic acids is 1. The van der Waals surface area contributed by atoms with Gasteiger partial charge >= 0.3 is 5.97 Å². The Kier molecular flexibility index (Phi) is 5.93. The summed E-state index contributed by atoms with van der Waals surface area (Å²) in [6.07, 6.45) is 0.958. The zero-order valence-corrected chi connectivity index (χ0v) is 13.8. The highest BCUT2D eigenvalue weighted by Gasteiger charge is 2.42. The molecule has 0 aliphatic heterocycles. The van der Waals surface area contributed by atoms with Crippen molar-refractivity contribution in [3.63, 3.8) is 0 Å². The Hall–Kier alpha value is -1.39. The van der Waals surface area contributed by atoms with Crippen LogP contribution >= 0.6 is 0 Å². The minimum Gasteiger partial charge on any atom is -0.480 e. The van der Waals surface area contributed by atoms with Crippen LogP contribution in [0.2, 0.25) is 0 Å². The summed E-state index contributed by atoms with van der Waals surface area (Å²) in [7, 11) is 1.99. The molecule has 1 aromatic rings. The van der Waals surface area contributed by atoms with Gasteiger partial charge in [-0.05, 0) is 39.4 Å². The summed E-state index contributed by atoms with van der Waals surface area (Å²) in [4.78, 5) is 14.2. The molecule has 1 aromatic carbocycles. The number of nitrogens with one attached hydrogen (secondary N) is 1. The highest BCUT2D eigenvalue weighted by molar-refractivity contribution is 5.81. The van der Waals surface area contributed by atoms with E-state index >= 15 is 0 Å². The first-order valence-corrected chi connectivity index (χ1v) is 7.55. The molecule has 118 valence electrons. The van der Waals surface area contributed by atoms with Gasteiger partial charge in [-0.2, -0.15) is 0 Å². The van der Waals surface area contributed by atoms with Crippen molar-refractivity contribution in [3.05, 3.63) is 35.9 Å². The second-order valence-corrected chi connectivity index (χ2v) is 6.13. The lowest BCUT2D eigenvalue weighted by Crippen LogP contribution is -2.59. The first-order chi connectivity index (χ1) is 9.80. The molecule has 0 aromatic heterocycles. The predicted octanol–water partition coefficient (Wildman–Crippen LogP) is 2.70. The lowest BCUT2D eigenvalue weighted by Gasteiger charge is -2.41. The molecule has 0 bridgehead atoms. The van der Waals surface area contributed by atoms with E-state index in [1.54, 1.807) is 0 Å². The number of benzene rings is 1. The maximum Gasteiger partial charge on any atom is 0.329 e. The molecule has 4 nitrogen and oxygen atoms in total. The van der Waals surface area contributed by atoms with E-state index in [1.807, 2.05) is 44.3 Å². The fraction of sp³-hybridized carbons (Fsp3) is 0.588. The quantitative estimate of drug-likeness (QED) is 0.773. The summed E-state index contributed by atoms with van der Waals surface area (Å²) < 4.78 is 0. The van der Waals surface area contributed by atoms with Crippen LogP contribution in [0.15, 0.2) is 30.3 Å². The van der Waals surface area contributed by atoms with Gasteiger partial charge in [-0.1, -0.05) is 44.2 Å². The van der Waals surface area contributed by atoms with Gasteiger partial charge in [-0.15, -0.1) is 0 Å². The predicted molar refractivity (Wildman–Crippen MR) is 86.4 cm³/mol. The van der Waals surface area contributed by atoms with Gasteiger partial charge in [0.05, 0.1) is 0 Å². The van der Waals surface area contributed by atoms with E-state index in [0.717, 1.165) is 12.0 Å². The molecule has 1 rings (SSSR count). The molecular formula is C17H28N2O2. The van der Waals surface area contributed by atoms with E-state index < -0.39 is 11.5 Å². The van der Waals surface area contributed by atoms with Crippen LogP contribution in [0.3, 0.4) is 0 Å². The number of likely N-dealkylation sites (N-methyl/N-ethyl adjacent to an activating group) is 2. The highest BCUT2D eigenvalue weighted by Crippen LogP contribution is 2.27. The van der Waals surface area contributed by atoms with Gasteiger partial charge in [-0.25, -0.2) is 4.79 Å². The van der Waals surface area contributed by atoms with Crippen molar-refractivity contribution in [2.75, 3.05) is 20.1 Å². The Morgan fingerprint density at radius 3 is 2.24 bits per heavy atom. The van der Waals surface area contributed by atoms with Crippen LogP contribution in [0, 0.1) is 0 Å². The fourth-order valence-corrected chi connectivity index (χ4v) is 2.38. The molecule has 4 heteroatoms. The van der Waals surface area contributed by atoms with Crippen LogP contribution in [-0.4, -0.2) is 41.7 Å². The van der Waals surface area contributed by atoms with Crippen LogP contribution < -0.4 is 5.32 Å². The Morgan fingerprint density at radius 1 is 1.24 bits per heavy atom. The molecule has 0 aliphatic rings. The lowest BCUT2D eigenvalue weighted by molar-refractivity contribution is -0.147. The zero-order chi connectivity index (χ0) is 16.1. The van der Waals surface area contributed by atoms with Crippen molar-refractivity contribution >= 4 is 5.97 Å². The maximum absolute atomic E-state index is 12.1. The van der Waals surface area contributed by atoms with E-state index in [-0.39, 0.29) is 5.54 Å². The average molecular weight is 292 g/mol. The van der Waals surface area contributed by atoms with Crippen molar-refractivity contribution < 1.29 is 9.90 Å². The first-order valence-electron chi connectivity index (χ1n) is 7.55. The molecule has 1 atom stereocenters. The van der Waals surface area contributed by atoms with Gasteiger partial charge < -0.3 is 5.11 Å². The second kappa shape index (κ2) is 7.05.